The second kappa shape index (κ2) is 7.54. The van der Waals surface area contributed by atoms with Crippen molar-refractivity contribution in [3.05, 3.63) is 63.4 Å². The van der Waals surface area contributed by atoms with Crippen LogP contribution in [0.3, 0.4) is 0 Å². The number of rotatable bonds is 5. The lowest BCUT2D eigenvalue weighted by Crippen LogP contribution is -2.30. The van der Waals surface area contributed by atoms with Gasteiger partial charge < -0.3 is 18.5 Å². The van der Waals surface area contributed by atoms with Crippen LogP contribution < -0.4 is 10.4 Å². The van der Waals surface area contributed by atoms with Crippen LogP contribution in [0.15, 0.2) is 44.4 Å². The predicted molar refractivity (Wildman–Crippen MR) is 105 cm³/mol. The van der Waals surface area contributed by atoms with Crippen LogP contribution in [0.2, 0.25) is 0 Å². The Morgan fingerprint density at radius 1 is 1.18 bits per heavy atom. The van der Waals surface area contributed by atoms with Gasteiger partial charge in [0.05, 0.1) is 12.5 Å². The summed E-state index contributed by atoms with van der Waals surface area (Å²) in [4.78, 5) is 26.3. The fourth-order valence-electron chi connectivity index (χ4n) is 3.78. The SMILES string of the molecule is Cc1c(OCC(=O)N(C)Cc2ccoc2)ccc2c3c(c(=O)oc12)CCCC3. The van der Waals surface area contributed by atoms with Crippen molar-refractivity contribution in [2.45, 2.75) is 39.2 Å². The van der Waals surface area contributed by atoms with Crippen molar-refractivity contribution in [2.24, 2.45) is 0 Å². The third-order valence-electron chi connectivity index (χ3n) is 5.37. The molecule has 0 saturated carbocycles. The molecule has 6 heteroatoms. The maximum Gasteiger partial charge on any atom is 0.339 e. The number of amides is 1. The largest absolute Gasteiger partial charge is 0.483 e. The molecule has 0 bridgehead atoms. The summed E-state index contributed by atoms with van der Waals surface area (Å²) in [7, 11) is 1.72. The van der Waals surface area contributed by atoms with Crippen LogP contribution in [0.5, 0.6) is 5.75 Å². The average molecular weight is 381 g/mol. The van der Waals surface area contributed by atoms with Crippen molar-refractivity contribution in [1.29, 1.82) is 0 Å². The maximum atomic E-state index is 12.4. The van der Waals surface area contributed by atoms with Crippen molar-refractivity contribution in [3.63, 3.8) is 0 Å². The first-order valence-electron chi connectivity index (χ1n) is 9.50. The van der Waals surface area contributed by atoms with Gasteiger partial charge in [0.25, 0.3) is 5.91 Å². The number of benzene rings is 1. The summed E-state index contributed by atoms with van der Waals surface area (Å²) in [5.74, 6) is 0.407. The van der Waals surface area contributed by atoms with Crippen molar-refractivity contribution in [3.8, 4) is 5.75 Å². The van der Waals surface area contributed by atoms with Gasteiger partial charge in [-0.25, -0.2) is 4.79 Å². The number of ether oxygens (including phenoxy) is 1. The average Bonchev–Trinajstić information content (AvgIpc) is 3.21. The van der Waals surface area contributed by atoms with Crippen LogP contribution in [-0.2, 0) is 24.2 Å². The Kier molecular flexibility index (Phi) is 4.94. The first-order chi connectivity index (χ1) is 13.5. The van der Waals surface area contributed by atoms with E-state index >= 15 is 0 Å². The summed E-state index contributed by atoms with van der Waals surface area (Å²) < 4.78 is 16.4. The number of carbonyl (C=O) groups excluding carboxylic acids is 1. The highest BCUT2D eigenvalue weighted by Gasteiger charge is 2.20. The molecule has 0 spiro atoms. The normalized spacial score (nSPS) is 13.4. The zero-order valence-corrected chi connectivity index (χ0v) is 16.1. The van der Waals surface area contributed by atoms with Crippen LogP contribution in [0.1, 0.15) is 35.1 Å². The highest BCUT2D eigenvalue weighted by atomic mass is 16.5. The molecule has 0 atom stereocenters. The molecule has 0 fully saturated rings. The van der Waals surface area contributed by atoms with Gasteiger partial charge in [0.2, 0.25) is 0 Å². The van der Waals surface area contributed by atoms with Gasteiger partial charge in [0, 0.05) is 35.7 Å². The molecule has 0 N–H and O–H groups in total. The molecule has 1 aliphatic carbocycles. The third-order valence-corrected chi connectivity index (χ3v) is 5.37. The summed E-state index contributed by atoms with van der Waals surface area (Å²) in [6.07, 6.45) is 6.98. The van der Waals surface area contributed by atoms with Crippen molar-refractivity contribution >= 4 is 16.9 Å². The highest BCUT2D eigenvalue weighted by molar-refractivity contribution is 5.86. The second-order valence-corrected chi connectivity index (χ2v) is 7.29. The van der Waals surface area contributed by atoms with Crippen molar-refractivity contribution < 1.29 is 18.4 Å². The summed E-state index contributed by atoms with van der Waals surface area (Å²) in [6, 6.07) is 5.61. The Bertz CT molecular complexity index is 1060. The van der Waals surface area contributed by atoms with Gasteiger partial charge in [-0.3, -0.25) is 4.79 Å². The molecule has 2 heterocycles. The van der Waals surface area contributed by atoms with Gasteiger partial charge in [0.1, 0.15) is 11.3 Å². The fourth-order valence-corrected chi connectivity index (χ4v) is 3.78. The Morgan fingerprint density at radius 3 is 2.71 bits per heavy atom. The Labute approximate surface area is 162 Å². The summed E-state index contributed by atoms with van der Waals surface area (Å²) in [5, 5.41) is 0.975. The molecule has 0 radical (unpaired) electrons. The predicted octanol–water partition coefficient (Wildman–Crippen LogP) is 3.61. The minimum absolute atomic E-state index is 0.0874. The second-order valence-electron chi connectivity index (χ2n) is 7.29. The lowest BCUT2D eigenvalue weighted by Gasteiger charge is -2.19. The van der Waals surface area contributed by atoms with Gasteiger partial charge in [-0.05, 0) is 56.4 Å². The van der Waals surface area contributed by atoms with E-state index in [-0.39, 0.29) is 18.1 Å². The number of fused-ring (bicyclic) bond motifs is 3. The number of nitrogens with zero attached hydrogens (tertiary/aromatic N) is 1. The van der Waals surface area contributed by atoms with Crippen LogP contribution in [-0.4, -0.2) is 24.5 Å². The number of hydrogen-bond donors (Lipinski definition) is 0. The molecule has 28 heavy (non-hydrogen) atoms. The number of furan rings is 1. The van der Waals surface area contributed by atoms with E-state index in [0.29, 0.717) is 17.9 Å². The zero-order valence-electron chi connectivity index (χ0n) is 16.1. The van der Waals surface area contributed by atoms with Crippen molar-refractivity contribution in [2.75, 3.05) is 13.7 Å². The zero-order chi connectivity index (χ0) is 19.7. The molecule has 2 aromatic heterocycles. The van der Waals surface area contributed by atoms with Gasteiger partial charge in [-0.2, -0.15) is 0 Å². The molecule has 0 unspecified atom stereocenters. The van der Waals surface area contributed by atoms with Crippen LogP contribution in [0, 0.1) is 6.92 Å². The Hall–Kier alpha value is -3.02. The van der Waals surface area contributed by atoms with Gasteiger partial charge in [-0.15, -0.1) is 0 Å². The number of aryl methyl sites for hydroxylation is 2. The standard InChI is InChI=1S/C22H23NO5/c1-14-19(27-13-20(24)23(2)11-15-9-10-26-12-15)8-7-17-16-5-3-4-6-18(16)22(25)28-21(14)17/h7-10,12H,3-6,11,13H2,1-2H3. The third kappa shape index (κ3) is 3.42. The van der Waals surface area contributed by atoms with E-state index < -0.39 is 0 Å². The number of likely N-dealkylation sites (N-methyl/N-ethyl adjacent to an activating group) is 1. The Morgan fingerprint density at radius 2 is 1.96 bits per heavy atom. The molecular formula is C22H23NO5. The molecule has 4 rings (SSSR count). The van der Waals surface area contributed by atoms with Gasteiger partial charge in [0.15, 0.2) is 6.61 Å². The van der Waals surface area contributed by atoms with Gasteiger partial charge >= 0.3 is 5.63 Å². The monoisotopic (exact) mass is 381 g/mol. The van der Waals surface area contributed by atoms with E-state index in [1.165, 1.54) is 0 Å². The van der Waals surface area contributed by atoms with E-state index in [1.807, 2.05) is 25.1 Å². The summed E-state index contributed by atoms with van der Waals surface area (Å²) >= 11 is 0. The summed E-state index contributed by atoms with van der Waals surface area (Å²) in [6.45, 7) is 2.22. The minimum atomic E-state index is -0.252. The topological polar surface area (TPSA) is 72.9 Å². The summed E-state index contributed by atoms with van der Waals surface area (Å²) in [5.41, 5.74) is 3.88. The molecule has 0 aliphatic heterocycles. The Balaban J connectivity index is 1.54. The fraction of sp³-hybridized carbons (Fsp3) is 0.364. The number of carbonyl (C=O) groups is 1. The lowest BCUT2D eigenvalue weighted by atomic mass is 9.90. The van der Waals surface area contributed by atoms with E-state index in [4.69, 9.17) is 13.6 Å². The van der Waals surface area contributed by atoms with Crippen LogP contribution in [0.25, 0.3) is 11.0 Å². The van der Waals surface area contributed by atoms with Crippen molar-refractivity contribution in [1.82, 2.24) is 4.90 Å². The van der Waals surface area contributed by atoms with E-state index in [9.17, 15) is 9.59 Å². The molecule has 1 amide bonds. The quantitative estimate of drug-likeness (QED) is 0.631. The first kappa shape index (κ1) is 18.3. The molecule has 146 valence electrons. The van der Waals surface area contributed by atoms with E-state index in [0.717, 1.165) is 53.3 Å². The van der Waals surface area contributed by atoms with Gasteiger partial charge in [-0.1, -0.05) is 0 Å². The molecule has 3 aromatic rings. The smallest absolute Gasteiger partial charge is 0.339 e. The maximum absolute atomic E-state index is 12.4. The van der Waals surface area contributed by atoms with E-state index in [2.05, 4.69) is 0 Å². The molecule has 6 nitrogen and oxygen atoms in total. The van der Waals surface area contributed by atoms with E-state index in [1.54, 1.807) is 24.5 Å². The lowest BCUT2D eigenvalue weighted by molar-refractivity contribution is -0.132. The highest BCUT2D eigenvalue weighted by Crippen LogP contribution is 2.32. The molecular weight excluding hydrogens is 358 g/mol. The van der Waals surface area contributed by atoms with Crippen LogP contribution in [0.4, 0.5) is 0 Å². The number of hydrogen-bond acceptors (Lipinski definition) is 5. The van der Waals surface area contributed by atoms with Crippen LogP contribution >= 0.6 is 0 Å². The molecule has 1 aliphatic rings. The molecule has 0 saturated heterocycles. The molecule has 1 aromatic carbocycles. The first-order valence-corrected chi connectivity index (χ1v) is 9.50. The minimum Gasteiger partial charge on any atom is -0.483 e.